The predicted molar refractivity (Wildman–Crippen MR) is 122 cm³/mol. The Hall–Kier alpha value is -3.22. The van der Waals surface area contributed by atoms with E-state index in [0.717, 1.165) is 21.0 Å². The number of hydrogen-bond donors (Lipinski definition) is 0. The topological polar surface area (TPSA) is 51.0 Å². The van der Waals surface area contributed by atoms with Gasteiger partial charge in [0.2, 0.25) is 0 Å². The standard InChI is InChI=1S/C23H17ClN4OS/c24-19-7-3-8-20-21(19)26-23(30-20)28(14-13-27-12-4-11-25-27)22(29)18-10-9-16-5-1-2-6-17(16)15-18/h1-12,15H,13-14H2. The lowest BCUT2D eigenvalue weighted by atomic mass is 10.1. The van der Waals surface area contributed by atoms with E-state index in [-0.39, 0.29) is 5.91 Å². The highest BCUT2D eigenvalue weighted by atomic mass is 35.5. The SMILES string of the molecule is O=C(c1ccc2ccccc2c1)N(CCn1cccn1)c1nc2c(Cl)cccc2s1. The number of halogens is 1. The van der Waals surface area contributed by atoms with Gasteiger partial charge in [0, 0.05) is 24.5 Å². The largest absolute Gasteiger partial charge is 0.282 e. The van der Waals surface area contributed by atoms with Crippen molar-refractivity contribution in [2.45, 2.75) is 6.54 Å². The first-order valence-electron chi connectivity index (χ1n) is 9.52. The van der Waals surface area contributed by atoms with Crippen LogP contribution >= 0.6 is 22.9 Å². The first-order chi connectivity index (χ1) is 14.7. The number of rotatable bonds is 5. The molecule has 5 aromatic rings. The molecular formula is C23H17ClN4OS. The minimum absolute atomic E-state index is 0.0944. The van der Waals surface area contributed by atoms with Crippen molar-refractivity contribution in [2.24, 2.45) is 0 Å². The van der Waals surface area contributed by atoms with E-state index in [2.05, 4.69) is 10.1 Å². The van der Waals surface area contributed by atoms with Crippen molar-refractivity contribution in [3.63, 3.8) is 0 Å². The Morgan fingerprint density at radius 1 is 1.03 bits per heavy atom. The third-order valence-electron chi connectivity index (χ3n) is 4.94. The van der Waals surface area contributed by atoms with E-state index < -0.39 is 0 Å². The number of para-hydroxylation sites is 1. The Kier molecular flexibility index (Phi) is 4.94. The molecule has 0 spiro atoms. The van der Waals surface area contributed by atoms with Gasteiger partial charge in [-0.3, -0.25) is 14.4 Å². The van der Waals surface area contributed by atoms with Crippen molar-refractivity contribution >= 4 is 55.0 Å². The molecule has 0 radical (unpaired) electrons. The van der Waals surface area contributed by atoms with Crippen molar-refractivity contribution in [2.75, 3.05) is 11.4 Å². The van der Waals surface area contributed by atoms with Crippen molar-refractivity contribution in [1.29, 1.82) is 0 Å². The lowest BCUT2D eigenvalue weighted by Crippen LogP contribution is -2.34. The van der Waals surface area contributed by atoms with Crippen molar-refractivity contribution in [3.8, 4) is 0 Å². The van der Waals surface area contributed by atoms with Crippen LogP contribution in [0.5, 0.6) is 0 Å². The van der Waals surface area contributed by atoms with Crippen LogP contribution in [-0.4, -0.2) is 27.2 Å². The lowest BCUT2D eigenvalue weighted by Gasteiger charge is -2.20. The van der Waals surface area contributed by atoms with Crippen LogP contribution in [0.1, 0.15) is 10.4 Å². The molecule has 0 saturated heterocycles. The summed E-state index contributed by atoms with van der Waals surface area (Å²) in [5.74, 6) is -0.0944. The van der Waals surface area contributed by atoms with Crippen LogP contribution in [0.2, 0.25) is 5.02 Å². The molecule has 2 heterocycles. The molecule has 5 rings (SSSR count). The third kappa shape index (κ3) is 3.56. The van der Waals surface area contributed by atoms with Gasteiger partial charge in [-0.25, -0.2) is 4.98 Å². The van der Waals surface area contributed by atoms with Crippen molar-refractivity contribution in [1.82, 2.24) is 14.8 Å². The fourth-order valence-corrected chi connectivity index (χ4v) is 4.71. The fraction of sp³-hybridized carbons (Fsp3) is 0.0870. The third-order valence-corrected chi connectivity index (χ3v) is 6.29. The summed E-state index contributed by atoms with van der Waals surface area (Å²) < 4.78 is 2.76. The first-order valence-corrected chi connectivity index (χ1v) is 10.7. The molecular weight excluding hydrogens is 416 g/mol. The van der Waals surface area contributed by atoms with Gasteiger partial charge in [0.15, 0.2) is 5.13 Å². The van der Waals surface area contributed by atoms with Gasteiger partial charge in [-0.2, -0.15) is 5.10 Å². The highest BCUT2D eigenvalue weighted by Crippen LogP contribution is 2.33. The van der Waals surface area contributed by atoms with Gasteiger partial charge in [0.1, 0.15) is 5.52 Å². The van der Waals surface area contributed by atoms with E-state index in [4.69, 9.17) is 11.6 Å². The van der Waals surface area contributed by atoms with E-state index in [0.29, 0.717) is 28.8 Å². The Morgan fingerprint density at radius 3 is 2.70 bits per heavy atom. The van der Waals surface area contributed by atoms with Crippen LogP contribution < -0.4 is 4.90 Å². The second-order valence-electron chi connectivity index (χ2n) is 6.87. The molecule has 0 unspecified atom stereocenters. The quantitative estimate of drug-likeness (QED) is 0.360. The van der Waals surface area contributed by atoms with Gasteiger partial charge >= 0.3 is 0 Å². The predicted octanol–water partition coefficient (Wildman–Crippen LogP) is 5.65. The second-order valence-corrected chi connectivity index (χ2v) is 8.29. The van der Waals surface area contributed by atoms with Gasteiger partial charge in [-0.05, 0) is 41.1 Å². The van der Waals surface area contributed by atoms with Gasteiger partial charge in [-0.15, -0.1) is 0 Å². The first kappa shape index (κ1) is 18.8. The minimum atomic E-state index is -0.0944. The number of thiazole rings is 1. The highest BCUT2D eigenvalue weighted by molar-refractivity contribution is 7.22. The summed E-state index contributed by atoms with van der Waals surface area (Å²) in [5, 5.41) is 7.60. The number of nitrogens with zero attached hydrogens (tertiary/aromatic N) is 4. The Morgan fingerprint density at radius 2 is 1.90 bits per heavy atom. The second kappa shape index (κ2) is 7.89. The average molecular weight is 433 g/mol. The van der Waals surface area contributed by atoms with E-state index in [1.165, 1.54) is 11.3 Å². The van der Waals surface area contributed by atoms with Crippen LogP contribution in [0.4, 0.5) is 5.13 Å². The Balaban J connectivity index is 1.54. The number of hydrogen-bond acceptors (Lipinski definition) is 4. The summed E-state index contributed by atoms with van der Waals surface area (Å²) >= 11 is 7.79. The van der Waals surface area contributed by atoms with E-state index >= 15 is 0 Å². The molecule has 0 fully saturated rings. The fourth-order valence-electron chi connectivity index (χ4n) is 3.42. The van der Waals surface area contributed by atoms with E-state index in [1.54, 1.807) is 15.8 Å². The van der Waals surface area contributed by atoms with Gasteiger partial charge < -0.3 is 0 Å². The zero-order chi connectivity index (χ0) is 20.5. The zero-order valence-corrected chi connectivity index (χ0v) is 17.5. The monoisotopic (exact) mass is 432 g/mol. The number of benzene rings is 3. The molecule has 2 aromatic heterocycles. The number of amides is 1. The lowest BCUT2D eigenvalue weighted by molar-refractivity contribution is 0.0986. The molecule has 5 nitrogen and oxygen atoms in total. The summed E-state index contributed by atoms with van der Waals surface area (Å²) in [6.07, 6.45) is 3.61. The van der Waals surface area contributed by atoms with E-state index in [9.17, 15) is 4.79 Å². The molecule has 1 amide bonds. The molecule has 0 aliphatic carbocycles. The maximum atomic E-state index is 13.5. The summed E-state index contributed by atoms with van der Waals surface area (Å²) in [6.45, 7) is 1.01. The summed E-state index contributed by atoms with van der Waals surface area (Å²) in [5.41, 5.74) is 1.34. The smallest absolute Gasteiger partial charge is 0.260 e. The Labute approximate surface area is 182 Å². The summed E-state index contributed by atoms with van der Waals surface area (Å²) in [4.78, 5) is 19.9. The molecule has 7 heteroatoms. The zero-order valence-electron chi connectivity index (χ0n) is 15.9. The van der Waals surface area contributed by atoms with Gasteiger partial charge in [0.25, 0.3) is 5.91 Å². The van der Waals surface area contributed by atoms with Crippen LogP contribution in [0.3, 0.4) is 0 Å². The Bertz CT molecular complexity index is 1350. The molecule has 0 saturated carbocycles. The van der Waals surface area contributed by atoms with Crippen LogP contribution in [0, 0.1) is 0 Å². The van der Waals surface area contributed by atoms with Gasteiger partial charge in [0.05, 0.1) is 16.3 Å². The minimum Gasteiger partial charge on any atom is -0.282 e. The maximum Gasteiger partial charge on any atom is 0.260 e. The highest BCUT2D eigenvalue weighted by Gasteiger charge is 2.22. The molecule has 0 aliphatic rings. The number of aromatic nitrogens is 3. The molecule has 0 atom stereocenters. The summed E-state index contributed by atoms with van der Waals surface area (Å²) in [7, 11) is 0. The van der Waals surface area contributed by atoms with Crippen LogP contribution in [0.25, 0.3) is 21.0 Å². The molecule has 148 valence electrons. The molecule has 30 heavy (non-hydrogen) atoms. The maximum absolute atomic E-state index is 13.5. The number of carbonyl (C=O) groups excluding carboxylic acids is 1. The number of carbonyl (C=O) groups is 1. The van der Waals surface area contributed by atoms with E-state index in [1.807, 2.05) is 72.9 Å². The van der Waals surface area contributed by atoms with Crippen LogP contribution in [-0.2, 0) is 6.54 Å². The van der Waals surface area contributed by atoms with Crippen molar-refractivity contribution in [3.05, 3.63) is 89.7 Å². The number of anilines is 1. The molecule has 0 aliphatic heterocycles. The molecule has 3 aromatic carbocycles. The van der Waals surface area contributed by atoms with Gasteiger partial charge in [-0.1, -0.05) is 59.3 Å². The number of fused-ring (bicyclic) bond motifs is 2. The normalized spacial score (nSPS) is 11.2. The molecule has 0 bridgehead atoms. The average Bonchev–Trinajstić information content (AvgIpc) is 3.44. The molecule has 0 N–H and O–H groups in total. The summed E-state index contributed by atoms with van der Waals surface area (Å²) in [6, 6.07) is 21.3. The van der Waals surface area contributed by atoms with Crippen LogP contribution in [0.15, 0.2) is 79.1 Å². The van der Waals surface area contributed by atoms with Crippen molar-refractivity contribution < 1.29 is 4.79 Å².